The van der Waals surface area contributed by atoms with Crippen LogP contribution in [0.3, 0.4) is 0 Å². The van der Waals surface area contributed by atoms with Gasteiger partial charge in [0.1, 0.15) is 24.6 Å². The van der Waals surface area contributed by atoms with Gasteiger partial charge in [-0.05, 0) is 0 Å². The Balaban J connectivity index is 2.23. The molecule has 11 heteroatoms. The number of nitrogens with zero attached hydrogens (tertiary/aromatic N) is 3. The number of nitro groups is 1. The minimum Gasteiger partial charge on any atom is -0.394 e. The highest BCUT2D eigenvalue weighted by Crippen LogP contribution is 2.29. The van der Waals surface area contributed by atoms with Gasteiger partial charge in [0.25, 0.3) is 0 Å². The van der Waals surface area contributed by atoms with Crippen LogP contribution in [0.5, 0.6) is 0 Å². The van der Waals surface area contributed by atoms with Crippen LogP contribution in [0.25, 0.3) is 0 Å². The predicted molar refractivity (Wildman–Crippen MR) is 64.5 cm³/mol. The maximum Gasteiger partial charge on any atom is 0.353 e. The Hall–Kier alpha value is -2.08. The number of hydrogen-bond donors (Lipinski definition) is 5. The number of aromatic nitrogens is 2. The zero-order valence-corrected chi connectivity index (χ0v) is 10.1. The van der Waals surface area contributed by atoms with Crippen LogP contribution in [-0.2, 0) is 4.74 Å². The molecule has 1 aromatic rings. The van der Waals surface area contributed by atoms with Gasteiger partial charge in [-0.1, -0.05) is 0 Å². The molecule has 1 aliphatic rings. The molecule has 110 valence electrons. The standard InChI is InChI=1S/C9H13N5O6/c10-7-4(14(18)19)8(12-2-11-7)13-9-6(17)5(16)3(1-15)20-9/h2-3,5-6,9,15-17H,1H2,(H3,10,11,12,13)/t3-,5-,6-,9-/m0/s1. The zero-order valence-electron chi connectivity index (χ0n) is 10.1. The van der Waals surface area contributed by atoms with E-state index in [1.54, 1.807) is 0 Å². The third-order valence-corrected chi connectivity index (χ3v) is 2.85. The van der Waals surface area contributed by atoms with E-state index in [2.05, 4.69) is 15.3 Å². The molecule has 11 nitrogen and oxygen atoms in total. The van der Waals surface area contributed by atoms with E-state index >= 15 is 0 Å². The summed E-state index contributed by atoms with van der Waals surface area (Å²) in [5, 5.41) is 41.6. The lowest BCUT2D eigenvalue weighted by atomic mass is 10.1. The fraction of sp³-hybridized carbons (Fsp3) is 0.556. The zero-order chi connectivity index (χ0) is 14.9. The van der Waals surface area contributed by atoms with E-state index in [-0.39, 0.29) is 11.6 Å². The maximum absolute atomic E-state index is 10.9. The SMILES string of the molecule is Nc1ncnc(N[C@H]2O[C@@H](CO)[C@H](O)[C@@H]2O)c1[N+](=O)[O-]. The number of hydrogen-bond acceptors (Lipinski definition) is 10. The van der Waals surface area contributed by atoms with Gasteiger partial charge in [0.05, 0.1) is 11.5 Å². The van der Waals surface area contributed by atoms with Crippen LogP contribution in [-0.4, -0.2) is 61.4 Å². The molecule has 2 heterocycles. The lowest BCUT2D eigenvalue weighted by Crippen LogP contribution is -2.36. The minimum atomic E-state index is -1.39. The fourth-order valence-electron chi connectivity index (χ4n) is 1.83. The average Bonchev–Trinajstić information content (AvgIpc) is 2.66. The van der Waals surface area contributed by atoms with E-state index in [0.717, 1.165) is 6.33 Å². The van der Waals surface area contributed by atoms with Gasteiger partial charge in [-0.25, -0.2) is 9.97 Å². The van der Waals surface area contributed by atoms with E-state index < -0.39 is 41.8 Å². The van der Waals surface area contributed by atoms with Crippen molar-refractivity contribution in [3.63, 3.8) is 0 Å². The Bertz CT molecular complexity index is 514. The highest BCUT2D eigenvalue weighted by Gasteiger charge is 2.43. The van der Waals surface area contributed by atoms with Crippen molar-refractivity contribution < 1.29 is 25.0 Å². The molecule has 0 amide bonds. The van der Waals surface area contributed by atoms with Crippen LogP contribution < -0.4 is 11.1 Å². The molecule has 0 spiro atoms. The molecule has 6 N–H and O–H groups in total. The van der Waals surface area contributed by atoms with E-state index in [4.69, 9.17) is 15.6 Å². The number of ether oxygens (including phenoxy) is 1. The first kappa shape index (κ1) is 14.3. The number of aliphatic hydroxyl groups excluding tert-OH is 3. The first-order valence-electron chi connectivity index (χ1n) is 5.59. The minimum absolute atomic E-state index is 0.252. The molecule has 1 aromatic heterocycles. The molecule has 0 saturated carbocycles. The molecule has 0 aromatic carbocycles. The Kier molecular flexibility index (Phi) is 3.94. The molecule has 1 aliphatic heterocycles. The van der Waals surface area contributed by atoms with Gasteiger partial charge in [-0.3, -0.25) is 10.1 Å². The summed E-state index contributed by atoms with van der Waals surface area (Å²) in [5.41, 5.74) is 4.82. The first-order chi connectivity index (χ1) is 9.45. The van der Waals surface area contributed by atoms with Gasteiger partial charge >= 0.3 is 5.69 Å². The number of rotatable bonds is 4. The van der Waals surface area contributed by atoms with E-state index in [1.807, 2.05) is 0 Å². The molecular formula is C9H13N5O6. The van der Waals surface area contributed by atoms with Crippen molar-refractivity contribution in [1.29, 1.82) is 0 Å². The smallest absolute Gasteiger partial charge is 0.353 e. The number of nitrogens with two attached hydrogens (primary N) is 1. The number of aliphatic hydroxyl groups is 3. The average molecular weight is 287 g/mol. The van der Waals surface area contributed by atoms with Gasteiger partial charge in [0.2, 0.25) is 11.6 Å². The molecule has 2 rings (SSSR count). The second-order valence-electron chi connectivity index (χ2n) is 4.12. The third kappa shape index (κ3) is 2.46. The monoisotopic (exact) mass is 287 g/mol. The second-order valence-corrected chi connectivity index (χ2v) is 4.12. The Morgan fingerprint density at radius 2 is 2.15 bits per heavy atom. The van der Waals surface area contributed by atoms with Crippen LogP contribution in [0.15, 0.2) is 6.33 Å². The summed E-state index contributed by atoms with van der Waals surface area (Å²) < 4.78 is 5.13. The van der Waals surface area contributed by atoms with Crippen molar-refractivity contribution in [2.24, 2.45) is 0 Å². The maximum atomic E-state index is 10.9. The van der Waals surface area contributed by atoms with Gasteiger partial charge in [0, 0.05) is 0 Å². The molecule has 1 saturated heterocycles. The van der Waals surface area contributed by atoms with Crippen molar-refractivity contribution in [1.82, 2.24) is 9.97 Å². The highest BCUT2D eigenvalue weighted by molar-refractivity contribution is 5.67. The molecule has 20 heavy (non-hydrogen) atoms. The summed E-state index contributed by atoms with van der Waals surface area (Å²) >= 11 is 0. The van der Waals surface area contributed by atoms with Gasteiger partial charge in [0.15, 0.2) is 6.23 Å². The number of nitrogens with one attached hydrogen (secondary N) is 1. The Morgan fingerprint density at radius 1 is 1.45 bits per heavy atom. The normalized spacial score (nSPS) is 29.4. The van der Waals surface area contributed by atoms with E-state index in [0.29, 0.717) is 0 Å². The molecule has 0 radical (unpaired) electrons. The van der Waals surface area contributed by atoms with E-state index in [9.17, 15) is 20.3 Å². The quantitative estimate of drug-likeness (QED) is 0.302. The lowest BCUT2D eigenvalue weighted by Gasteiger charge is -2.16. The Morgan fingerprint density at radius 3 is 2.70 bits per heavy atom. The number of anilines is 2. The lowest BCUT2D eigenvalue weighted by molar-refractivity contribution is -0.383. The summed E-state index contributed by atoms with van der Waals surface area (Å²) in [6, 6.07) is 0. The van der Waals surface area contributed by atoms with Crippen molar-refractivity contribution in [2.75, 3.05) is 17.7 Å². The van der Waals surface area contributed by atoms with Crippen LogP contribution >= 0.6 is 0 Å². The van der Waals surface area contributed by atoms with Crippen LogP contribution in [0.1, 0.15) is 0 Å². The highest BCUT2D eigenvalue weighted by atomic mass is 16.6. The third-order valence-electron chi connectivity index (χ3n) is 2.85. The molecule has 4 atom stereocenters. The van der Waals surface area contributed by atoms with Gasteiger partial charge in [-0.15, -0.1) is 0 Å². The van der Waals surface area contributed by atoms with Crippen LogP contribution in [0.4, 0.5) is 17.3 Å². The van der Waals surface area contributed by atoms with Gasteiger partial charge < -0.3 is 31.1 Å². The summed E-state index contributed by atoms with van der Waals surface area (Å²) in [4.78, 5) is 17.3. The first-order valence-corrected chi connectivity index (χ1v) is 5.59. The molecule has 0 aliphatic carbocycles. The largest absolute Gasteiger partial charge is 0.394 e. The molecule has 0 unspecified atom stereocenters. The summed E-state index contributed by atoms with van der Waals surface area (Å²) in [6.45, 7) is -0.510. The van der Waals surface area contributed by atoms with Crippen molar-refractivity contribution in [2.45, 2.75) is 24.5 Å². The summed E-state index contributed by atoms with van der Waals surface area (Å²) in [5.74, 6) is -0.600. The predicted octanol–water partition coefficient (Wildman–Crippen LogP) is -2.18. The summed E-state index contributed by atoms with van der Waals surface area (Å²) in [6.07, 6.45) is -3.87. The molecule has 1 fully saturated rings. The number of nitrogen functional groups attached to an aromatic ring is 1. The van der Waals surface area contributed by atoms with Crippen LogP contribution in [0.2, 0.25) is 0 Å². The topological polar surface area (TPSA) is 177 Å². The fourth-order valence-corrected chi connectivity index (χ4v) is 1.83. The molecule has 0 bridgehead atoms. The molecular weight excluding hydrogens is 274 g/mol. The van der Waals surface area contributed by atoms with Crippen molar-refractivity contribution in [3.05, 3.63) is 16.4 Å². The van der Waals surface area contributed by atoms with Gasteiger partial charge in [-0.2, -0.15) is 0 Å². The van der Waals surface area contributed by atoms with Crippen LogP contribution in [0, 0.1) is 10.1 Å². The Labute approximate surface area is 112 Å². The van der Waals surface area contributed by atoms with Crippen molar-refractivity contribution >= 4 is 17.3 Å². The van der Waals surface area contributed by atoms with E-state index in [1.165, 1.54) is 0 Å². The van der Waals surface area contributed by atoms with Crippen molar-refractivity contribution in [3.8, 4) is 0 Å². The second kappa shape index (κ2) is 5.50. The summed E-state index contributed by atoms with van der Waals surface area (Å²) in [7, 11) is 0.